The number of carbonyl (C=O) groups is 1. The Morgan fingerprint density at radius 3 is 2.39 bits per heavy atom. The molecule has 0 saturated heterocycles. The summed E-state index contributed by atoms with van der Waals surface area (Å²) in [5.41, 5.74) is 2.46. The van der Waals surface area contributed by atoms with Crippen LogP contribution in [0.25, 0.3) is 0 Å². The zero-order valence-corrected chi connectivity index (χ0v) is 15.6. The van der Waals surface area contributed by atoms with Crippen LogP contribution in [0.4, 0.5) is 4.79 Å². The number of amides is 1. The van der Waals surface area contributed by atoms with E-state index in [1.807, 2.05) is 44.2 Å². The van der Waals surface area contributed by atoms with Gasteiger partial charge in [0, 0.05) is 4.86 Å². The second-order valence-corrected chi connectivity index (χ2v) is 7.72. The van der Waals surface area contributed by atoms with Crippen molar-refractivity contribution in [1.82, 2.24) is 0 Å². The summed E-state index contributed by atoms with van der Waals surface area (Å²) < 4.78 is 5.45. The maximum absolute atomic E-state index is 12.2. The molecule has 0 heterocycles. The van der Waals surface area contributed by atoms with Crippen LogP contribution in [0.15, 0.2) is 47.5 Å². The van der Waals surface area contributed by atoms with Crippen LogP contribution in [0.2, 0.25) is 0 Å². The fourth-order valence-electron chi connectivity index (χ4n) is 2.21. The number of rotatable bonds is 6. The first kappa shape index (κ1) is 19.4. The van der Waals surface area contributed by atoms with Gasteiger partial charge in [0.2, 0.25) is 0 Å². The predicted octanol–water partition coefficient (Wildman–Crippen LogP) is 5.40. The maximum atomic E-state index is 12.2. The molecule has 1 aromatic rings. The minimum atomic E-state index is -0.557. The van der Waals surface area contributed by atoms with Crippen LogP contribution < -0.4 is 0 Å². The van der Waals surface area contributed by atoms with Crippen LogP contribution in [0, 0.1) is 0 Å². The highest BCUT2D eigenvalue weighted by molar-refractivity contribution is 8.16. The Morgan fingerprint density at radius 1 is 1.30 bits per heavy atom. The fraction of sp³-hybridized carbons (Fsp3) is 0.421. The maximum Gasteiger partial charge on any atom is 0.434 e. The Bertz CT molecular complexity index is 618. The van der Waals surface area contributed by atoms with E-state index in [0.717, 1.165) is 23.3 Å². The van der Waals surface area contributed by atoms with Crippen LogP contribution in [0.5, 0.6) is 0 Å². The molecule has 0 saturated carbocycles. The molecule has 0 bridgehead atoms. The molecule has 2 atom stereocenters. The zero-order valence-electron chi connectivity index (χ0n) is 14.8. The van der Waals surface area contributed by atoms with Crippen molar-refractivity contribution in [2.75, 3.05) is 12.0 Å². The quantitative estimate of drug-likeness (QED) is 0.516. The van der Waals surface area contributed by atoms with Gasteiger partial charge in [0.05, 0.1) is 5.71 Å². The molecule has 0 aliphatic rings. The van der Waals surface area contributed by atoms with Crippen molar-refractivity contribution in [2.24, 2.45) is 4.99 Å². The van der Waals surface area contributed by atoms with E-state index in [-0.39, 0.29) is 16.6 Å². The first-order valence-corrected chi connectivity index (χ1v) is 9.69. The van der Waals surface area contributed by atoms with Gasteiger partial charge in [-0.25, -0.2) is 4.79 Å². The van der Waals surface area contributed by atoms with Crippen molar-refractivity contribution in [1.29, 1.82) is 0 Å². The van der Waals surface area contributed by atoms with Gasteiger partial charge in [-0.2, -0.15) is 15.5 Å². The number of nitrogens with zero attached hydrogens (tertiary/aromatic N) is 1. The number of ether oxygens (including phenoxy) is 1. The Kier molecular flexibility index (Phi) is 7.96. The SMILES string of the molecule is C=C(C)C(=NC(=O)OC(C)c1ccccc1)C(CC)=S(C)CC. The smallest absolute Gasteiger partial charge is 0.434 e. The van der Waals surface area contributed by atoms with Crippen LogP contribution >= 0.6 is 10.5 Å². The second-order valence-electron chi connectivity index (χ2n) is 5.38. The first-order valence-electron chi connectivity index (χ1n) is 7.89. The molecule has 0 N–H and O–H groups in total. The summed E-state index contributed by atoms with van der Waals surface area (Å²) in [5.74, 6) is 1.03. The highest BCUT2D eigenvalue weighted by Gasteiger charge is 2.15. The average Bonchev–Trinajstić information content (AvgIpc) is 2.54. The fourth-order valence-corrected chi connectivity index (χ4v) is 3.60. The first-order chi connectivity index (χ1) is 10.9. The van der Waals surface area contributed by atoms with Crippen molar-refractivity contribution in [3.63, 3.8) is 0 Å². The summed E-state index contributed by atoms with van der Waals surface area (Å²) in [7, 11) is 0.0867. The Labute approximate surface area is 142 Å². The number of carbonyl (C=O) groups excluding carboxylic acids is 1. The molecule has 1 rings (SSSR count). The molecule has 1 amide bonds. The van der Waals surface area contributed by atoms with Gasteiger partial charge in [0.15, 0.2) is 0 Å². The molecule has 0 fully saturated rings. The van der Waals surface area contributed by atoms with Gasteiger partial charge < -0.3 is 4.74 Å². The molecular weight excluding hydrogens is 306 g/mol. The Hall–Kier alpha value is -1.68. The van der Waals surface area contributed by atoms with E-state index >= 15 is 0 Å². The molecule has 23 heavy (non-hydrogen) atoms. The molecule has 3 nitrogen and oxygen atoms in total. The van der Waals surface area contributed by atoms with Crippen LogP contribution in [-0.2, 0) is 4.74 Å². The predicted molar refractivity (Wildman–Crippen MR) is 103 cm³/mol. The van der Waals surface area contributed by atoms with Gasteiger partial charge in [0.1, 0.15) is 6.10 Å². The number of hydrogen-bond acceptors (Lipinski definition) is 2. The molecule has 4 heteroatoms. The minimum absolute atomic E-state index is 0.0867. The summed E-state index contributed by atoms with van der Waals surface area (Å²) in [6.45, 7) is 11.9. The zero-order chi connectivity index (χ0) is 17.4. The van der Waals surface area contributed by atoms with Crippen molar-refractivity contribution in [2.45, 2.75) is 40.2 Å². The summed E-state index contributed by atoms with van der Waals surface area (Å²) in [6, 6.07) is 9.66. The molecule has 0 aromatic heterocycles. The topological polar surface area (TPSA) is 38.7 Å². The summed E-state index contributed by atoms with van der Waals surface area (Å²) in [6.07, 6.45) is 2.16. The van der Waals surface area contributed by atoms with E-state index in [4.69, 9.17) is 4.74 Å². The highest BCUT2D eigenvalue weighted by Crippen LogP contribution is 2.19. The van der Waals surface area contributed by atoms with E-state index in [2.05, 4.69) is 31.7 Å². The molecule has 0 spiro atoms. The Morgan fingerprint density at radius 2 is 1.91 bits per heavy atom. The third kappa shape index (κ3) is 5.79. The number of benzene rings is 1. The van der Waals surface area contributed by atoms with Crippen LogP contribution in [0.3, 0.4) is 0 Å². The van der Waals surface area contributed by atoms with Gasteiger partial charge >= 0.3 is 6.09 Å². The lowest BCUT2D eigenvalue weighted by atomic mass is 10.1. The lowest BCUT2D eigenvalue weighted by molar-refractivity contribution is 0.117. The summed E-state index contributed by atoms with van der Waals surface area (Å²) in [4.78, 5) is 17.6. The second kappa shape index (κ2) is 9.46. The van der Waals surface area contributed by atoms with E-state index in [1.165, 1.54) is 4.86 Å². The van der Waals surface area contributed by atoms with Crippen LogP contribution in [0.1, 0.15) is 45.8 Å². The summed E-state index contributed by atoms with van der Waals surface area (Å²) >= 11 is 0. The largest absolute Gasteiger partial charge is 0.440 e. The molecule has 0 aliphatic carbocycles. The summed E-state index contributed by atoms with van der Waals surface area (Å²) in [5, 5.41) is 0. The van der Waals surface area contributed by atoms with Gasteiger partial charge in [-0.1, -0.05) is 50.8 Å². The van der Waals surface area contributed by atoms with Gasteiger partial charge in [0.25, 0.3) is 0 Å². The Balaban J connectivity index is 3.00. The molecule has 126 valence electrons. The van der Waals surface area contributed by atoms with Crippen molar-refractivity contribution < 1.29 is 9.53 Å². The average molecular weight is 333 g/mol. The monoisotopic (exact) mass is 333 g/mol. The molecular formula is C19H27NO2S. The van der Waals surface area contributed by atoms with E-state index in [1.54, 1.807) is 0 Å². The van der Waals surface area contributed by atoms with E-state index in [9.17, 15) is 4.79 Å². The molecule has 2 unspecified atom stereocenters. The third-order valence-corrected chi connectivity index (χ3v) is 5.78. The minimum Gasteiger partial charge on any atom is -0.440 e. The lowest BCUT2D eigenvalue weighted by Crippen LogP contribution is -2.18. The number of allylic oxidation sites excluding steroid dienone is 1. The van der Waals surface area contributed by atoms with Gasteiger partial charge in [-0.05, 0) is 43.4 Å². The van der Waals surface area contributed by atoms with Crippen molar-refractivity contribution in [3.8, 4) is 0 Å². The number of aliphatic imine (C=N–C) groups is 1. The third-order valence-electron chi connectivity index (χ3n) is 3.59. The van der Waals surface area contributed by atoms with Crippen molar-refractivity contribution in [3.05, 3.63) is 48.0 Å². The van der Waals surface area contributed by atoms with Crippen LogP contribution in [-0.4, -0.2) is 28.7 Å². The van der Waals surface area contributed by atoms with Crippen molar-refractivity contribution >= 4 is 27.2 Å². The molecule has 0 radical (unpaired) electrons. The van der Waals surface area contributed by atoms with E-state index < -0.39 is 6.09 Å². The highest BCUT2D eigenvalue weighted by atomic mass is 32.2. The van der Waals surface area contributed by atoms with Gasteiger partial charge in [-0.3, -0.25) is 0 Å². The molecule has 0 aliphatic heterocycles. The number of hydrogen-bond donors (Lipinski definition) is 0. The van der Waals surface area contributed by atoms with Gasteiger partial charge in [-0.15, -0.1) is 0 Å². The standard InChI is InChI=1S/C19H27NO2S/c1-7-17(23(6)8-2)18(14(3)4)20-19(21)22-15(5)16-12-10-9-11-13-16/h9-13,15H,3,7-8H2,1-2,4-6H3. The van der Waals surface area contributed by atoms with E-state index in [0.29, 0.717) is 5.71 Å². The molecule has 1 aromatic carbocycles. The lowest BCUT2D eigenvalue weighted by Gasteiger charge is -2.15. The normalized spacial score (nSPS) is 14.8.